The average molecular weight is 669 g/mol. The van der Waals surface area contributed by atoms with Crippen molar-refractivity contribution in [1.82, 2.24) is 0 Å². The molecule has 0 fully saturated rings. The lowest BCUT2D eigenvalue weighted by atomic mass is 10.1. The van der Waals surface area contributed by atoms with E-state index in [0.29, 0.717) is 12.8 Å². The summed E-state index contributed by atoms with van der Waals surface area (Å²) in [7, 11) is -4.76. The minimum absolute atomic E-state index is 0.136. The van der Waals surface area contributed by atoms with E-state index in [-0.39, 0.29) is 19.4 Å². The van der Waals surface area contributed by atoms with E-state index < -0.39 is 32.5 Å². The molecule has 2 N–H and O–H groups in total. The lowest BCUT2D eigenvalue weighted by molar-refractivity contribution is -0.161. The smallest absolute Gasteiger partial charge is 0.462 e. The summed E-state index contributed by atoms with van der Waals surface area (Å²) in [6.45, 7) is 3.58. The molecule has 46 heavy (non-hydrogen) atoms. The quantitative estimate of drug-likeness (QED) is 0.0315. The van der Waals surface area contributed by atoms with Gasteiger partial charge in [-0.15, -0.1) is 0 Å². The summed E-state index contributed by atoms with van der Waals surface area (Å²) in [5.41, 5.74) is 0. The maximum atomic E-state index is 12.3. The molecule has 0 unspecified atom stereocenters. The molecule has 0 aromatic carbocycles. The summed E-state index contributed by atoms with van der Waals surface area (Å²) in [6.07, 6.45) is 38.4. The lowest BCUT2D eigenvalue weighted by Gasteiger charge is -2.18. The fourth-order valence-electron chi connectivity index (χ4n) is 4.66. The van der Waals surface area contributed by atoms with Crippen LogP contribution in [0.2, 0.25) is 0 Å². The van der Waals surface area contributed by atoms with Gasteiger partial charge in [0.05, 0.1) is 6.61 Å². The monoisotopic (exact) mass is 668 g/mol. The molecule has 0 amide bonds. The van der Waals surface area contributed by atoms with E-state index in [0.717, 1.165) is 38.5 Å². The molecule has 0 aliphatic rings. The molecule has 9 heteroatoms. The molecular weight excluding hydrogens is 603 g/mol. The zero-order valence-electron chi connectivity index (χ0n) is 29.0. The van der Waals surface area contributed by atoms with Gasteiger partial charge in [0.15, 0.2) is 6.10 Å². The van der Waals surface area contributed by atoms with Crippen molar-refractivity contribution in [2.75, 3.05) is 13.2 Å². The molecule has 0 aliphatic heterocycles. The maximum Gasteiger partial charge on any atom is 0.469 e. The van der Waals surface area contributed by atoms with Crippen molar-refractivity contribution in [2.45, 2.75) is 161 Å². The molecule has 266 valence electrons. The van der Waals surface area contributed by atoms with Gasteiger partial charge in [0.2, 0.25) is 0 Å². The van der Waals surface area contributed by atoms with Crippen LogP contribution in [0.15, 0.2) is 48.6 Å². The third-order valence-electron chi connectivity index (χ3n) is 7.35. The van der Waals surface area contributed by atoms with Gasteiger partial charge in [-0.2, -0.15) is 0 Å². The van der Waals surface area contributed by atoms with E-state index >= 15 is 0 Å². The summed E-state index contributed by atoms with van der Waals surface area (Å²) >= 11 is 0. The molecule has 0 saturated heterocycles. The third kappa shape index (κ3) is 34.9. The second-order valence-electron chi connectivity index (χ2n) is 11.8. The van der Waals surface area contributed by atoms with E-state index in [1.54, 1.807) is 0 Å². The zero-order chi connectivity index (χ0) is 34.0. The fraction of sp³-hybridized carbons (Fsp3) is 0.730. The Morgan fingerprint density at radius 2 is 1.00 bits per heavy atom. The van der Waals surface area contributed by atoms with Gasteiger partial charge >= 0.3 is 19.8 Å². The summed E-state index contributed by atoms with van der Waals surface area (Å²) in [6, 6.07) is 0. The number of hydrogen-bond donors (Lipinski definition) is 2. The molecule has 0 heterocycles. The van der Waals surface area contributed by atoms with Gasteiger partial charge in [-0.3, -0.25) is 14.1 Å². The SMILES string of the molecule is CCCCC/C=C\C/C=C\C/C=C\C/C=C\CCCC(=O)O[C@H](COC(=O)CCCCCCCCCCCCC)COP(=O)(O)O. The van der Waals surface area contributed by atoms with Crippen molar-refractivity contribution in [2.24, 2.45) is 0 Å². The Kier molecular flexibility index (Phi) is 31.5. The molecule has 1 atom stereocenters. The van der Waals surface area contributed by atoms with Gasteiger partial charge in [-0.05, 0) is 51.4 Å². The maximum absolute atomic E-state index is 12.3. The number of phosphoric acid groups is 1. The van der Waals surface area contributed by atoms with Crippen LogP contribution in [0.1, 0.15) is 155 Å². The van der Waals surface area contributed by atoms with Crippen molar-refractivity contribution in [3.05, 3.63) is 48.6 Å². The van der Waals surface area contributed by atoms with Crippen LogP contribution >= 0.6 is 7.82 Å². The molecule has 0 aliphatic carbocycles. The minimum Gasteiger partial charge on any atom is -0.462 e. The molecular formula is C37H65O8P. The molecule has 0 rings (SSSR count). The second-order valence-corrected chi connectivity index (χ2v) is 13.1. The molecule has 8 nitrogen and oxygen atoms in total. The van der Waals surface area contributed by atoms with Crippen LogP contribution in [0.3, 0.4) is 0 Å². The Balaban J connectivity index is 4.11. The van der Waals surface area contributed by atoms with Crippen molar-refractivity contribution >= 4 is 19.8 Å². The summed E-state index contributed by atoms with van der Waals surface area (Å²) in [5, 5.41) is 0. The highest BCUT2D eigenvalue weighted by Crippen LogP contribution is 2.35. The highest BCUT2D eigenvalue weighted by atomic mass is 31.2. The van der Waals surface area contributed by atoms with Crippen LogP contribution in [-0.4, -0.2) is 41.0 Å². The summed E-state index contributed by atoms with van der Waals surface area (Å²) in [4.78, 5) is 42.5. The number of ether oxygens (including phenoxy) is 2. The first-order valence-electron chi connectivity index (χ1n) is 17.9. The van der Waals surface area contributed by atoms with E-state index in [1.165, 1.54) is 77.0 Å². The van der Waals surface area contributed by atoms with Gasteiger partial charge in [0, 0.05) is 12.8 Å². The Hall–Kier alpha value is -1.99. The normalized spacial score (nSPS) is 13.0. The molecule has 0 bridgehead atoms. The third-order valence-corrected chi connectivity index (χ3v) is 7.84. The Bertz CT molecular complexity index is 890. The molecule has 0 radical (unpaired) electrons. The molecule has 0 saturated carbocycles. The minimum atomic E-state index is -4.76. The van der Waals surface area contributed by atoms with Gasteiger partial charge in [0.25, 0.3) is 0 Å². The number of esters is 2. The molecule has 0 aromatic heterocycles. The second kappa shape index (κ2) is 32.9. The zero-order valence-corrected chi connectivity index (χ0v) is 29.9. The number of unbranched alkanes of at least 4 members (excludes halogenated alkanes) is 14. The first kappa shape index (κ1) is 44.0. The lowest BCUT2D eigenvalue weighted by Crippen LogP contribution is -2.29. The first-order valence-corrected chi connectivity index (χ1v) is 19.5. The Morgan fingerprint density at radius 1 is 0.565 bits per heavy atom. The van der Waals surface area contributed by atoms with Crippen LogP contribution in [0.4, 0.5) is 0 Å². The Labute approximate surface area is 280 Å². The highest BCUT2D eigenvalue weighted by Gasteiger charge is 2.22. The predicted molar refractivity (Wildman–Crippen MR) is 188 cm³/mol. The Morgan fingerprint density at radius 3 is 1.52 bits per heavy atom. The van der Waals surface area contributed by atoms with Crippen molar-refractivity contribution in [3.8, 4) is 0 Å². The topological polar surface area (TPSA) is 119 Å². The summed E-state index contributed by atoms with van der Waals surface area (Å²) < 4.78 is 26.2. The van der Waals surface area contributed by atoms with Crippen LogP contribution in [-0.2, 0) is 28.2 Å². The van der Waals surface area contributed by atoms with Crippen molar-refractivity contribution < 1.29 is 37.9 Å². The van der Waals surface area contributed by atoms with Crippen molar-refractivity contribution in [3.63, 3.8) is 0 Å². The van der Waals surface area contributed by atoms with Crippen LogP contribution in [0.5, 0.6) is 0 Å². The number of allylic oxidation sites excluding steroid dienone is 8. The van der Waals surface area contributed by atoms with E-state index in [2.05, 4.69) is 60.9 Å². The van der Waals surface area contributed by atoms with Crippen LogP contribution < -0.4 is 0 Å². The standard InChI is InChI=1S/C37H65O8P/c1-3-5-7-9-11-13-15-16-17-18-19-20-22-24-26-28-30-32-37(39)45-35(34-44-46(40,41)42)33-43-36(38)31-29-27-25-23-21-14-12-10-8-6-4-2/h11,13,16-17,19-20,24,26,35H,3-10,12,14-15,18,21-23,25,27-34H2,1-2H3,(H2,40,41,42)/b13-11-,17-16-,20-19-,26-24-/t35-/m1/s1. The highest BCUT2D eigenvalue weighted by molar-refractivity contribution is 7.46. The van der Waals surface area contributed by atoms with Crippen molar-refractivity contribution in [1.29, 1.82) is 0 Å². The van der Waals surface area contributed by atoms with Crippen LogP contribution in [0.25, 0.3) is 0 Å². The van der Waals surface area contributed by atoms with Gasteiger partial charge in [-0.1, -0.05) is 140 Å². The number of carbonyl (C=O) groups excluding carboxylic acids is 2. The largest absolute Gasteiger partial charge is 0.469 e. The first-order chi connectivity index (χ1) is 22.3. The van der Waals surface area contributed by atoms with Gasteiger partial charge in [0.1, 0.15) is 6.61 Å². The molecule has 0 spiro atoms. The number of phosphoric ester groups is 1. The number of hydrogen-bond acceptors (Lipinski definition) is 6. The number of rotatable bonds is 32. The summed E-state index contributed by atoms with van der Waals surface area (Å²) in [5.74, 6) is -0.953. The van der Waals surface area contributed by atoms with E-state index in [9.17, 15) is 14.2 Å². The fourth-order valence-corrected chi connectivity index (χ4v) is 5.02. The van der Waals surface area contributed by atoms with Gasteiger partial charge < -0.3 is 19.3 Å². The van der Waals surface area contributed by atoms with Gasteiger partial charge in [-0.25, -0.2) is 4.57 Å². The van der Waals surface area contributed by atoms with E-state index in [4.69, 9.17) is 19.3 Å². The predicted octanol–water partition coefficient (Wildman–Crippen LogP) is 10.4. The molecule has 0 aromatic rings. The van der Waals surface area contributed by atoms with Crippen LogP contribution in [0, 0.1) is 0 Å². The average Bonchev–Trinajstić information content (AvgIpc) is 3.02. The van der Waals surface area contributed by atoms with E-state index in [1.807, 2.05) is 6.08 Å². The number of carbonyl (C=O) groups is 2.